The number of carbonyl (C=O) groups is 2. The van der Waals surface area contributed by atoms with E-state index in [0.29, 0.717) is 19.5 Å². The van der Waals surface area contributed by atoms with Crippen LogP contribution in [-0.2, 0) is 16.1 Å². The fraction of sp³-hybridized carbons (Fsp3) is 0.481. The van der Waals surface area contributed by atoms with Crippen molar-refractivity contribution < 1.29 is 19.4 Å². The topological polar surface area (TPSA) is 90.9 Å². The molecule has 2 aromatic carbocycles. The number of alkyl carbamates (subject to hydrolysis) is 1. The minimum Gasteiger partial charge on any atom is -0.447 e. The normalized spacial score (nSPS) is 17.4. The third-order valence-corrected chi connectivity index (χ3v) is 5.83. The molecule has 2 atom stereocenters. The summed E-state index contributed by atoms with van der Waals surface area (Å²) in [4.78, 5) is 26.5. The van der Waals surface area contributed by atoms with E-state index in [9.17, 15) is 14.7 Å². The number of aliphatic hydroxyl groups is 1. The molecule has 0 spiro atoms. The van der Waals surface area contributed by atoms with Crippen molar-refractivity contribution in [2.75, 3.05) is 11.4 Å². The summed E-state index contributed by atoms with van der Waals surface area (Å²) in [6.45, 7) is 11.9. The molecule has 0 saturated heterocycles. The first-order valence-corrected chi connectivity index (χ1v) is 11.9. The largest absolute Gasteiger partial charge is 0.447 e. The summed E-state index contributed by atoms with van der Waals surface area (Å²) in [6.07, 6.45) is -0.0607. The Kier molecular flexibility index (Phi) is 9.72. The summed E-state index contributed by atoms with van der Waals surface area (Å²) in [5.41, 5.74) is 4.15. The van der Waals surface area contributed by atoms with Crippen LogP contribution in [0.3, 0.4) is 0 Å². The first-order chi connectivity index (χ1) is 15.9. The monoisotopic (exact) mass is 503 g/mol. The predicted molar refractivity (Wildman–Crippen MR) is 142 cm³/mol. The van der Waals surface area contributed by atoms with Gasteiger partial charge in [0.1, 0.15) is 0 Å². The van der Waals surface area contributed by atoms with Crippen molar-refractivity contribution in [3.8, 4) is 11.1 Å². The molecule has 1 aliphatic rings. The van der Waals surface area contributed by atoms with Gasteiger partial charge in [0.05, 0.1) is 17.7 Å². The lowest BCUT2D eigenvalue weighted by Crippen LogP contribution is -2.45. The van der Waals surface area contributed by atoms with Crippen molar-refractivity contribution >= 4 is 30.1 Å². The van der Waals surface area contributed by atoms with Gasteiger partial charge in [-0.1, -0.05) is 30.3 Å². The van der Waals surface area contributed by atoms with Gasteiger partial charge in [0.25, 0.3) is 0 Å². The Balaban J connectivity index is 0.00000432. The first kappa shape index (κ1) is 28.6. The quantitative estimate of drug-likeness (QED) is 0.497. The zero-order valence-electron chi connectivity index (χ0n) is 21.4. The maximum Gasteiger partial charge on any atom is 0.407 e. The highest BCUT2D eigenvalue weighted by molar-refractivity contribution is 5.94. The number of ether oxygens (including phenoxy) is 1. The summed E-state index contributed by atoms with van der Waals surface area (Å²) in [6, 6.07) is 14.0. The van der Waals surface area contributed by atoms with Gasteiger partial charge in [0, 0.05) is 31.7 Å². The molecule has 7 nitrogen and oxygen atoms in total. The van der Waals surface area contributed by atoms with E-state index in [4.69, 9.17) is 4.74 Å². The Morgan fingerprint density at radius 2 is 1.77 bits per heavy atom. The summed E-state index contributed by atoms with van der Waals surface area (Å²) in [5.74, 6) is -0.0207. The van der Waals surface area contributed by atoms with Gasteiger partial charge in [-0.15, -0.1) is 12.4 Å². The van der Waals surface area contributed by atoms with E-state index < -0.39 is 11.7 Å². The fourth-order valence-corrected chi connectivity index (χ4v) is 4.38. The summed E-state index contributed by atoms with van der Waals surface area (Å²) < 4.78 is 5.31. The lowest BCUT2D eigenvalue weighted by molar-refractivity contribution is -0.117. The second-order valence-corrected chi connectivity index (χ2v) is 10.0. The van der Waals surface area contributed by atoms with E-state index in [1.54, 1.807) is 25.7 Å². The molecule has 35 heavy (non-hydrogen) atoms. The number of hydrogen-bond acceptors (Lipinski definition) is 5. The summed E-state index contributed by atoms with van der Waals surface area (Å²) in [7, 11) is 0. The maximum atomic E-state index is 12.4. The van der Waals surface area contributed by atoms with Gasteiger partial charge >= 0.3 is 6.09 Å². The molecule has 0 bridgehead atoms. The second kappa shape index (κ2) is 11.9. The number of fused-ring (bicyclic) bond motifs is 1. The third-order valence-electron chi connectivity index (χ3n) is 5.83. The average molecular weight is 504 g/mol. The van der Waals surface area contributed by atoms with Crippen LogP contribution in [0, 0.1) is 0 Å². The van der Waals surface area contributed by atoms with E-state index >= 15 is 0 Å². The molecule has 192 valence electrons. The van der Waals surface area contributed by atoms with Crippen LogP contribution in [0.1, 0.15) is 65.1 Å². The van der Waals surface area contributed by atoms with Crippen LogP contribution in [0.15, 0.2) is 42.5 Å². The summed E-state index contributed by atoms with van der Waals surface area (Å²) >= 11 is 0. The van der Waals surface area contributed by atoms with Gasteiger partial charge in [0.15, 0.2) is 0 Å². The fourth-order valence-electron chi connectivity index (χ4n) is 4.38. The first-order valence-electron chi connectivity index (χ1n) is 11.9. The molecule has 1 heterocycles. The second-order valence-electron chi connectivity index (χ2n) is 10.0. The smallest absolute Gasteiger partial charge is 0.407 e. The van der Waals surface area contributed by atoms with E-state index in [2.05, 4.69) is 41.0 Å². The molecule has 2 aromatic rings. The Bertz CT molecular complexity index is 1020. The van der Waals surface area contributed by atoms with Crippen LogP contribution in [-0.4, -0.2) is 41.4 Å². The standard InChI is InChI=1S/C27H37N3O4.ClH/c1-17(2)34-26(32)29-24-13-18(3)30(19(4)31)25-12-11-22(14-23(24)25)21-9-7-20(8-10-21)15-28-16-27(5,6)33;/h7-12,14,17-18,24,28,33H,13,15-16H2,1-6H3,(H,29,32);1H/t18-,24+;/m0./s1. The lowest BCUT2D eigenvalue weighted by atomic mass is 9.89. The van der Waals surface area contributed by atoms with Gasteiger partial charge in [-0.25, -0.2) is 4.79 Å². The van der Waals surface area contributed by atoms with E-state index in [-0.39, 0.29) is 36.5 Å². The van der Waals surface area contributed by atoms with Crippen molar-refractivity contribution in [2.45, 2.75) is 78.3 Å². The number of carbonyl (C=O) groups excluding carboxylic acids is 2. The van der Waals surface area contributed by atoms with E-state index in [0.717, 1.165) is 27.9 Å². The van der Waals surface area contributed by atoms with Crippen LogP contribution in [0.25, 0.3) is 11.1 Å². The van der Waals surface area contributed by atoms with Gasteiger partial charge in [0.2, 0.25) is 5.91 Å². The van der Waals surface area contributed by atoms with Crippen molar-refractivity contribution in [2.24, 2.45) is 0 Å². The Labute approximate surface area is 214 Å². The summed E-state index contributed by atoms with van der Waals surface area (Å²) in [5, 5.41) is 16.1. The van der Waals surface area contributed by atoms with Crippen LogP contribution >= 0.6 is 12.4 Å². The molecule has 0 saturated carbocycles. The number of nitrogens with zero attached hydrogens (tertiary/aromatic N) is 1. The lowest BCUT2D eigenvalue weighted by Gasteiger charge is -2.39. The van der Waals surface area contributed by atoms with E-state index in [1.807, 2.05) is 32.9 Å². The van der Waals surface area contributed by atoms with Gasteiger partial charge in [-0.05, 0) is 75.4 Å². The van der Waals surface area contributed by atoms with Crippen LogP contribution in [0.4, 0.5) is 10.5 Å². The molecule has 0 fully saturated rings. The molecule has 3 rings (SSSR count). The number of halogens is 1. The zero-order valence-corrected chi connectivity index (χ0v) is 22.2. The molecule has 8 heteroatoms. The Hall–Kier alpha value is -2.61. The minimum absolute atomic E-state index is 0. The molecule has 3 N–H and O–H groups in total. The van der Waals surface area contributed by atoms with Crippen molar-refractivity contribution in [1.29, 1.82) is 0 Å². The highest BCUT2D eigenvalue weighted by Gasteiger charge is 2.33. The number of rotatable bonds is 7. The average Bonchev–Trinajstić information content (AvgIpc) is 2.72. The van der Waals surface area contributed by atoms with Gasteiger partial charge < -0.3 is 25.4 Å². The minimum atomic E-state index is -0.750. The van der Waals surface area contributed by atoms with Crippen molar-refractivity contribution in [3.05, 3.63) is 53.6 Å². The van der Waals surface area contributed by atoms with Crippen molar-refractivity contribution in [1.82, 2.24) is 10.6 Å². The highest BCUT2D eigenvalue weighted by atomic mass is 35.5. The van der Waals surface area contributed by atoms with E-state index in [1.165, 1.54) is 0 Å². The number of amides is 2. The highest BCUT2D eigenvalue weighted by Crippen LogP contribution is 2.39. The third kappa shape index (κ3) is 7.69. The van der Waals surface area contributed by atoms with Crippen LogP contribution < -0.4 is 15.5 Å². The number of benzene rings is 2. The Morgan fingerprint density at radius 3 is 2.34 bits per heavy atom. The molecule has 1 aliphatic heterocycles. The molecule has 0 aromatic heterocycles. The van der Waals surface area contributed by atoms with Crippen LogP contribution in [0.2, 0.25) is 0 Å². The van der Waals surface area contributed by atoms with Crippen molar-refractivity contribution in [3.63, 3.8) is 0 Å². The molecule has 2 amide bonds. The Morgan fingerprint density at radius 1 is 1.14 bits per heavy atom. The molecule has 0 aliphatic carbocycles. The number of nitrogens with one attached hydrogen (secondary N) is 2. The maximum absolute atomic E-state index is 12.4. The van der Waals surface area contributed by atoms with Gasteiger partial charge in [-0.3, -0.25) is 4.79 Å². The van der Waals surface area contributed by atoms with Gasteiger partial charge in [-0.2, -0.15) is 0 Å². The molecular weight excluding hydrogens is 466 g/mol. The van der Waals surface area contributed by atoms with Crippen LogP contribution in [0.5, 0.6) is 0 Å². The molecule has 0 radical (unpaired) electrons. The molecular formula is C27H38ClN3O4. The molecule has 0 unspecified atom stereocenters. The number of anilines is 1. The zero-order chi connectivity index (χ0) is 25.0. The SMILES string of the molecule is CC(=O)N1c2ccc(-c3ccc(CNCC(C)(C)O)cc3)cc2[C@H](NC(=O)OC(C)C)C[C@@H]1C.Cl. The predicted octanol–water partition coefficient (Wildman–Crippen LogP) is 4.96. The number of hydrogen-bond donors (Lipinski definition) is 3.